The van der Waals surface area contributed by atoms with Gasteiger partial charge in [0.1, 0.15) is 31.0 Å². The highest BCUT2D eigenvalue weighted by atomic mass is 16.8. The summed E-state index contributed by atoms with van der Waals surface area (Å²) in [6, 6.07) is 24.0. The third-order valence-electron chi connectivity index (χ3n) is 8.09. The lowest BCUT2D eigenvalue weighted by Crippen LogP contribution is -2.54. The van der Waals surface area contributed by atoms with E-state index in [0.29, 0.717) is 16.7 Å². The molecule has 3 aromatic rings. The lowest BCUT2D eigenvalue weighted by molar-refractivity contribution is -0.157. The average molecular weight is 673 g/mol. The minimum Gasteiger partial charge on any atom is -0.499 e. The van der Waals surface area contributed by atoms with Crippen LogP contribution >= 0.6 is 0 Å². The van der Waals surface area contributed by atoms with E-state index in [1.807, 2.05) is 60.7 Å². The Morgan fingerprint density at radius 2 is 1.65 bits per heavy atom. The van der Waals surface area contributed by atoms with Gasteiger partial charge in [-0.15, -0.1) is 0 Å². The molecule has 0 spiro atoms. The Kier molecular flexibility index (Phi) is 11.9. The van der Waals surface area contributed by atoms with Crippen LogP contribution in [-0.4, -0.2) is 89.9 Å². The van der Waals surface area contributed by atoms with Crippen molar-refractivity contribution in [2.75, 3.05) is 26.4 Å². The molecule has 3 aromatic carbocycles. The van der Waals surface area contributed by atoms with Crippen LogP contribution in [0.4, 0.5) is 0 Å². The van der Waals surface area contributed by atoms with Crippen molar-refractivity contribution in [3.05, 3.63) is 125 Å². The summed E-state index contributed by atoms with van der Waals surface area (Å²) in [6.45, 7) is 0.996. The maximum Gasteiger partial charge on any atom is 0.338 e. The quantitative estimate of drug-likeness (QED) is 0.0971. The number of carbonyl (C=O) groups excluding carboxylic acids is 3. The summed E-state index contributed by atoms with van der Waals surface area (Å²) in [5.41, 5.74) is 2.45. The molecule has 5 atom stereocenters. The minimum atomic E-state index is -1.41. The second-order valence-electron chi connectivity index (χ2n) is 11.6. The number of fused-ring (bicyclic) bond motifs is 1. The number of benzene rings is 3. The summed E-state index contributed by atoms with van der Waals surface area (Å²) in [5, 5.41) is 33.4. The topological polar surface area (TPSA) is 173 Å². The molecule has 2 aliphatic rings. The first-order valence-electron chi connectivity index (χ1n) is 16.0. The molecule has 5 rings (SSSR count). The van der Waals surface area contributed by atoms with Crippen LogP contribution in [0, 0.1) is 0 Å². The number of amides is 2. The fraction of sp³-hybridized carbons (Fsp3) is 0.324. The van der Waals surface area contributed by atoms with Crippen molar-refractivity contribution in [3.63, 3.8) is 0 Å². The largest absolute Gasteiger partial charge is 0.499 e. The lowest BCUT2D eigenvalue weighted by Gasteiger charge is -2.31. The van der Waals surface area contributed by atoms with Gasteiger partial charge >= 0.3 is 5.97 Å². The number of carbonyl (C=O) groups is 3. The normalized spacial score (nSPS) is 20.8. The minimum absolute atomic E-state index is 0.0543. The van der Waals surface area contributed by atoms with Gasteiger partial charge < -0.3 is 44.9 Å². The number of esters is 1. The molecule has 49 heavy (non-hydrogen) atoms. The zero-order chi connectivity index (χ0) is 34.8. The summed E-state index contributed by atoms with van der Waals surface area (Å²) in [5.74, 6) is -3.41. The molecule has 1 saturated heterocycles. The van der Waals surface area contributed by atoms with Gasteiger partial charge in [-0.05, 0) is 36.8 Å². The predicted molar refractivity (Wildman–Crippen MR) is 178 cm³/mol. The lowest BCUT2D eigenvalue weighted by atomic mass is 9.91. The van der Waals surface area contributed by atoms with E-state index in [0.717, 1.165) is 0 Å². The number of nitrogens with one attached hydrogen (secondary N) is 2. The first-order chi connectivity index (χ1) is 23.8. The van der Waals surface area contributed by atoms with Gasteiger partial charge in [-0.3, -0.25) is 9.59 Å². The van der Waals surface area contributed by atoms with Gasteiger partial charge in [-0.2, -0.15) is 0 Å². The third-order valence-corrected chi connectivity index (χ3v) is 8.09. The van der Waals surface area contributed by atoms with E-state index in [-0.39, 0.29) is 43.9 Å². The monoisotopic (exact) mass is 672 g/mol. The van der Waals surface area contributed by atoms with Gasteiger partial charge in [0.05, 0.1) is 31.1 Å². The first-order valence-corrected chi connectivity index (χ1v) is 16.0. The summed E-state index contributed by atoms with van der Waals surface area (Å²) in [7, 11) is 0. The summed E-state index contributed by atoms with van der Waals surface area (Å²) in [4.78, 5) is 40.0. The molecule has 5 N–H and O–H groups in total. The van der Waals surface area contributed by atoms with E-state index in [9.17, 15) is 19.5 Å². The Morgan fingerprint density at radius 1 is 0.959 bits per heavy atom. The number of ether oxygens (including phenoxy) is 4. The Bertz CT molecular complexity index is 1600. The number of hydrogen-bond acceptors (Lipinski definition) is 10. The molecule has 1 fully saturated rings. The molecular weight excluding hydrogens is 632 g/mol. The van der Waals surface area contributed by atoms with Crippen molar-refractivity contribution in [1.82, 2.24) is 10.6 Å². The summed E-state index contributed by atoms with van der Waals surface area (Å²) < 4.78 is 24.7. The molecule has 1 heterocycles. The van der Waals surface area contributed by atoms with E-state index >= 15 is 0 Å². The molecule has 1 aliphatic carbocycles. The van der Waals surface area contributed by atoms with Gasteiger partial charge in [0.15, 0.2) is 0 Å². The zero-order valence-corrected chi connectivity index (χ0v) is 26.9. The van der Waals surface area contributed by atoms with Crippen molar-refractivity contribution in [2.24, 2.45) is 0 Å². The molecule has 0 bridgehead atoms. The van der Waals surface area contributed by atoms with Crippen molar-refractivity contribution in [1.29, 1.82) is 0 Å². The van der Waals surface area contributed by atoms with Gasteiger partial charge in [-0.1, -0.05) is 72.8 Å². The Labute approximate surface area is 284 Å². The molecule has 1 aliphatic heterocycles. The number of rotatable bonds is 14. The SMILES string of the molecule is CC(O)C(NC(=O)C1=CC2OC(c3ccccc3)(c3ccccc3)OC2C(OC(=O)c2cccc(C=COCCO)c2)C1)C(=O)NCCO. The smallest absolute Gasteiger partial charge is 0.338 e. The molecule has 12 heteroatoms. The van der Waals surface area contributed by atoms with Crippen LogP contribution in [0.3, 0.4) is 0 Å². The predicted octanol–water partition coefficient (Wildman–Crippen LogP) is 2.18. The van der Waals surface area contributed by atoms with Crippen LogP contribution < -0.4 is 10.6 Å². The van der Waals surface area contributed by atoms with Crippen LogP contribution in [0.5, 0.6) is 0 Å². The maximum atomic E-state index is 13.7. The number of aliphatic hydroxyl groups is 3. The van der Waals surface area contributed by atoms with Crippen LogP contribution in [-0.2, 0) is 34.3 Å². The van der Waals surface area contributed by atoms with E-state index < -0.39 is 54.0 Å². The van der Waals surface area contributed by atoms with E-state index in [2.05, 4.69) is 10.6 Å². The molecule has 2 amide bonds. The van der Waals surface area contributed by atoms with Gasteiger partial charge in [0, 0.05) is 29.7 Å². The highest BCUT2D eigenvalue weighted by Crippen LogP contribution is 2.47. The molecule has 0 saturated carbocycles. The van der Waals surface area contributed by atoms with E-state index in [1.165, 1.54) is 13.2 Å². The molecule has 5 unspecified atom stereocenters. The average Bonchev–Trinajstić information content (AvgIpc) is 3.53. The standard InChI is InChI=1S/C37H40N2O10/c1-24(42)32(35(44)38-16-17-40)39-34(43)27-22-30(47-36(45)26-10-8-9-25(21-26)15-19-46-20-18-41)33-31(23-27)48-37(49-33,28-11-4-2-5-12-28)29-13-6-3-7-14-29/h2-15,19,21,23-24,30-33,40-42H,16-18,20,22H2,1H3,(H,38,44)(H,39,43). The van der Waals surface area contributed by atoms with Crippen molar-refractivity contribution in [2.45, 2.75) is 49.6 Å². The molecule has 258 valence electrons. The fourth-order valence-corrected chi connectivity index (χ4v) is 5.74. The highest BCUT2D eigenvalue weighted by molar-refractivity contribution is 5.97. The van der Waals surface area contributed by atoms with E-state index in [4.69, 9.17) is 29.2 Å². The Hall–Kier alpha value is -4.85. The second kappa shape index (κ2) is 16.5. The van der Waals surface area contributed by atoms with Crippen molar-refractivity contribution in [3.8, 4) is 0 Å². The van der Waals surface area contributed by atoms with Crippen LogP contribution in [0.2, 0.25) is 0 Å². The van der Waals surface area contributed by atoms with Crippen molar-refractivity contribution >= 4 is 23.9 Å². The van der Waals surface area contributed by atoms with Crippen LogP contribution in [0.1, 0.15) is 40.4 Å². The van der Waals surface area contributed by atoms with Gasteiger partial charge in [0.2, 0.25) is 17.6 Å². The number of aliphatic hydroxyl groups excluding tert-OH is 3. The Morgan fingerprint density at radius 3 is 2.29 bits per heavy atom. The molecule has 0 aromatic heterocycles. The van der Waals surface area contributed by atoms with Gasteiger partial charge in [-0.25, -0.2) is 4.79 Å². The zero-order valence-electron chi connectivity index (χ0n) is 26.9. The van der Waals surface area contributed by atoms with Crippen LogP contribution in [0.15, 0.2) is 103 Å². The maximum absolute atomic E-state index is 13.7. The second-order valence-corrected chi connectivity index (χ2v) is 11.6. The molecular formula is C37H40N2O10. The number of hydrogen-bond donors (Lipinski definition) is 5. The molecule has 0 radical (unpaired) electrons. The Balaban J connectivity index is 1.47. The molecule has 12 nitrogen and oxygen atoms in total. The summed E-state index contributed by atoms with van der Waals surface area (Å²) in [6.07, 6.45) is 0.627. The first kappa shape index (κ1) is 35.5. The fourth-order valence-electron chi connectivity index (χ4n) is 5.74. The van der Waals surface area contributed by atoms with Crippen molar-refractivity contribution < 1.29 is 48.7 Å². The summed E-state index contributed by atoms with van der Waals surface area (Å²) >= 11 is 0. The van der Waals surface area contributed by atoms with Gasteiger partial charge in [0.25, 0.3) is 0 Å². The van der Waals surface area contributed by atoms with E-state index in [1.54, 1.807) is 36.4 Å². The van der Waals surface area contributed by atoms with Crippen LogP contribution in [0.25, 0.3) is 6.08 Å². The highest BCUT2D eigenvalue weighted by Gasteiger charge is 2.55. The third kappa shape index (κ3) is 8.42.